The summed E-state index contributed by atoms with van der Waals surface area (Å²) in [7, 11) is -3.80. The van der Waals surface area contributed by atoms with Crippen molar-refractivity contribution in [2.75, 3.05) is 6.54 Å². The quantitative estimate of drug-likeness (QED) is 0.415. The SMILES string of the molecule is CCCn1c(CCC(=O)N2CCC[C@@H]2c2nc3ccccc3s2)nc2cc(S(N)(=O)=O)ccc21. The van der Waals surface area contributed by atoms with Gasteiger partial charge in [-0.15, -0.1) is 11.3 Å². The van der Waals surface area contributed by atoms with Gasteiger partial charge in [-0.3, -0.25) is 4.79 Å². The molecule has 1 aliphatic rings. The van der Waals surface area contributed by atoms with Gasteiger partial charge in [-0.25, -0.2) is 23.5 Å². The first-order chi connectivity index (χ1) is 16.3. The molecule has 1 saturated heterocycles. The van der Waals surface area contributed by atoms with Gasteiger partial charge < -0.3 is 9.47 Å². The highest BCUT2D eigenvalue weighted by Gasteiger charge is 2.32. The van der Waals surface area contributed by atoms with Crippen LogP contribution >= 0.6 is 11.3 Å². The van der Waals surface area contributed by atoms with Crippen LogP contribution in [0.5, 0.6) is 0 Å². The predicted octanol–water partition coefficient (Wildman–Crippen LogP) is 4.00. The number of fused-ring (bicyclic) bond motifs is 2. The monoisotopic (exact) mass is 497 g/mol. The van der Waals surface area contributed by atoms with Crippen LogP contribution in [0.4, 0.5) is 0 Å². The summed E-state index contributed by atoms with van der Waals surface area (Å²) < 4.78 is 26.7. The van der Waals surface area contributed by atoms with Crippen molar-refractivity contribution in [3.05, 3.63) is 53.3 Å². The maximum atomic E-state index is 13.3. The van der Waals surface area contributed by atoms with Gasteiger partial charge in [0, 0.05) is 25.9 Å². The molecular weight excluding hydrogens is 470 g/mol. The molecule has 0 unspecified atom stereocenters. The smallest absolute Gasteiger partial charge is 0.238 e. The van der Waals surface area contributed by atoms with Gasteiger partial charge in [-0.2, -0.15) is 0 Å². The number of para-hydroxylation sites is 1. The summed E-state index contributed by atoms with van der Waals surface area (Å²) in [5, 5.41) is 6.29. The minimum absolute atomic E-state index is 0.0247. The number of benzene rings is 2. The summed E-state index contributed by atoms with van der Waals surface area (Å²) in [6, 6.07) is 12.9. The number of hydrogen-bond donors (Lipinski definition) is 1. The molecule has 10 heteroatoms. The van der Waals surface area contributed by atoms with Crippen molar-refractivity contribution < 1.29 is 13.2 Å². The zero-order valence-electron chi connectivity index (χ0n) is 19.0. The maximum absolute atomic E-state index is 13.3. The molecule has 0 aliphatic carbocycles. The number of carbonyl (C=O) groups is 1. The Labute approximate surface area is 202 Å². The van der Waals surface area contributed by atoms with Crippen molar-refractivity contribution >= 4 is 48.5 Å². The molecule has 0 bridgehead atoms. The molecule has 178 valence electrons. The first-order valence-electron chi connectivity index (χ1n) is 11.5. The third-order valence-corrected chi connectivity index (χ3v) is 8.35. The van der Waals surface area contributed by atoms with Crippen molar-refractivity contribution in [2.24, 2.45) is 5.14 Å². The van der Waals surface area contributed by atoms with Gasteiger partial charge in [0.2, 0.25) is 15.9 Å². The van der Waals surface area contributed by atoms with Crippen molar-refractivity contribution in [2.45, 2.75) is 56.5 Å². The highest BCUT2D eigenvalue weighted by atomic mass is 32.2. The molecule has 34 heavy (non-hydrogen) atoms. The molecule has 2 aromatic heterocycles. The highest BCUT2D eigenvalue weighted by molar-refractivity contribution is 7.89. The molecule has 1 amide bonds. The van der Waals surface area contributed by atoms with Crippen LogP contribution in [0.1, 0.15) is 49.5 Å². The standard InChI is InChI=1S/C24H27N5O3S2/c1-2-13-28-19-10-9-16(34(25,31)32)15-18(19)26-22(28)11-12-23(30)29-14-5-7-20(29)24-27-17-6-3-4-8-21(17)33-24/h3-4,6,8-10,15,20H,2,5,7,11-14H2,1H3,(H2,25,31,32)/t20-/m1/s1. The zero-order valence-corrected chi connectivity index (χ0v) is 20.6. The average Bonchev–Trinajstić information content (AvgIpc) is 3.53. The van der Waals surface area contributed by atoms with Crippen LogP contribution in [0.2, 0.25) is 0 Å². The number of imidazole rings is 1. The van der Waals surface area contributed by atoms with E-state index >= 15 is 0 Å². The van der Waals surface area contributed by atoms with E-state index in [1.807, 2.05) is 23.1 Å². The van der Waals surface area contributed by atoms with E-state index in [0.29, 0.717) is 18.4 Å². The van der Waals surface area contributed by atoms with Crippen molar-refractivity contribution in [3.63, 3.8) is 0 Å². The predicted molar refractivity (Wildman–Crippen MR) is 133 cm³/mol. The van der Waals surface area contributed by atoms with Crippen LogP contribution in [0.3, 0.4) is 0 Å². The van der Waals surface area contributed by atoms with E-state index in [9.17, 15) is 13.2 Å². The number of sulfonamides is 1. The van der Waals surface area contributed by atoms with Crippen LogP contribution in [-0.4, -0.2) is 40.3 Å². The molecular formula is C24H27N5O3S2. The van der Waals surface area contributed by atoms with E-state index in [0.717, 1.165) is 58.9 Å². The number of nitrogens with two attached hydrogens (primary N) is 1. The number of amides is 1. The van der Waals surface area contributed by atoms with Crippen LogP contribution in [-0.2, 0) is 27.8 Å². The molecule has 1 aliphatic heterocycles. The van der Waals surface area contributed by atoms with E-state index < -0.39 is 10.0 Å². The summed E-state index contributed by atoms with van der Waals surface area (Å²) in [6.45, 7) is 3.56. The lowest BCUT2D eigenvalue weighted by Crippen LogP contribution is -2.30. The van der Waals surface area contributed by atoms with Crippen LogP contribution in [0.15, 0.2) is 47.4 Å². The van der Waals surface area contributed by atoms with Crippen LogP contribution < -0.4 is 5.14 Å². The number of likely N-dealkylation sites (tertiary alicyclic amines) is 1. The van der Waals surface area contributed by atoms with Crippen molar-refractivity contribution in [1.82, 2.24) is 19.4 Å². The first kappa shape index (κ1) is 22.9. The molecule has 5 rings (SSSR count). The number of aryl methyl sites for hydroxylation is 2. The number of carbonyl (C=O) groups excluding carboxylic acids is 1. The fourth-order valence-electron chi connectivity index (χ4n) is 4.72. The fourth-order valence-corrected chi connectivity index (χ4v) is 6.37. The number of hydrogen-bond acceptors (Lipinski definition) is 6. The lowest BCUT2D eigenvalue weighted by molar-refractivity contribution is -0.132. The normalized spacial score (nSPS) is 16.6. The van der Waals surface area contributed by atoms with Gasteiger partial charge in [0.25, 0.3) is 0 Å². The zero-order chi connectivity index (χ0) is 23.9. The van der Waals surface area contributed by atoms with Gasteiger partial charge in [0.15, 0.2) is 0 Å². The largest absolute Gasteiger partial charge is 0.333 e. The first-order valence-corrected chi connectivity index (χ1v) is 13.9. The third kappa shape index (κ3) is 4.33. The summed E-state index contributed by atoms with van der Waals surface area (Å²) >= 11 is 1.66. The Balaban J connectivity index is 1.36. The van der Waals surface area contributed by atoms with E-state index in [1.54, 1.807) is 17.4 Å². The molecule has 0 saturated carbocycles. The van der Waals surface area contributed by atoms with Gasteiger partial charge in [0.05, 0.1) is 32.2 Å². The topological polar surface area (TPSA) is 111 Å². The Hall–Kier alpha value is -2.82. The molecule has 4 aromatic rings. The summed E-state index contributed by atoms with van der Waals surface area (Å²) in [5.74, 6) is 0.884. The second kappa shape index (κ2) is 9.09. The molecule has 2 aromatic carbocycles. The average molecular weight is 498 g/mol. The number of nitrogens with zero attached hydrogens (tertiary/aromatic N) is 4. The molecule has 2 N–H and O–H groups in total. The Bertz CT molecular complexity index is 1440. The highest BCUT2D eigenvalue weighted by Crippen LogP contribution is 2.37. The number of primary sulfonamides is 1. The van der Waals surface area contributed by atoms with Gasteiger partial charge in [0.1, 0.15) is 10.8 Å². The summed E-state index contributed by atoms with van der Waals surface area (Å²) in [5.41, 5.74) is 2.41. The lowest BCUT2D eigenvalue weighted by atomic mass is 10.2. The Morgan fingerprint density at radius 2 is 2.00 bits per heavy atom. The minimum Gasteiger partial charge on any atom is -0.333 e. The van der Waals surface area contributed by atoms with Crippen LogP contribution in [0, 0.1) is 0 Å². The third-order valence-electron chi connectivity index (χ3n) is 6.31. The van der Waals surface area contributed by atoms with Gasteiger partial charge in [-0.05, 0) is 49.6 Å². The van der Waals surface area contributed by atoms with Crippen LogP contribution in [0.25, 0.3) is 21.3 Å². The Kier molecular flexibility index (Phi) is 6.13. The van der Waals surface area contributed by atoms with E-state index in [2.05, 4.69) is 22.5 Å². The molecule has 0 radical (unpaired) electrons. The van der Waals surface area contributed by atoms with Crippen molar-refractivity contribution in [3.8, 4) is 0 Å². The number of aromatic nitrogens is 3. The Morgan fingerprint density at radius 3 is 2.76 bits per heavy atom. The molecule has 1 fully saturated rings. The minimum atomic E-state index is -3.80. The van der Waals surface area contributed by atoms with E-state index in [1.165, 1.54) is 12.1 Å². The second-order valence-corrected chi connectivity index (χ2v) is 11.3. The fraction of sp³-hybridized carbons (Fsp3) is 0.375. The summed E-state index contributed by atoms with van der Waals surface area (Å²) in [6.07, 6.45) is 3.63. The molecule has 1 atom stereocenters. The molecule has 8 nitrogen and oxygen atoms in total. The molecule has 0 spiro atoms. The van der Waals surface area contributed by atoms with Gasteiger partial charge >= 0.3 is 0 Å². The van der Waals surface area contributed by atoms with E-state index in [4.69, 9.17) is 10.1 Å². The van der Waals surface area contributed by atoms with E-state index in [-0.39, 0.29) is 16.8 Å². The lowest BCUT2D eigenvalue weighted by Gasteiger charge is -2.23. The van der Waals surface area contributed by atoms with Crippen molar-refractivity contribution in [1.29, 1.82) is 0 Å². The number of thiazole rings is 1. The molecule has 3 heterocycles. The second-order valence-electron chi connectivity index (χ2n) is 8.64. The van der Waals surface area contributed by atoms with Gasteiger partial charge in [-0.1, -0.05) is 19.1 Å². The summed E-state index contributed by atoms with van der Waals surface area (Å²) in [4.78, 5) is 24.7. The number of rotatable bonds is 7. The Morgan fingerprint density at radius 1 is 1.18 bits per heavy atom. The maximum Gasteiger partial charge on any atom is 0.238 e.